The van der Waals surface area contributed by atoms with Crippen LogP contribution in [0.25, 0.3) is 0 Å². The van der Waals surface area contributed by atoms with Crippen molar-refractivity contribution in [1.29, 1.82) is 0 Å². The Labute approximate surface area is 75.7 Å². The second kappa shape index (κ2) is 2.73. The first-order valence-corrected chi connectivity index (χ1v) is 4.21. The minimum absolute atomic E-state index is 0.231. The Morgan fingerprint density at radius 2 is 2.38 bits per heavy atom. The first-order valence-electron chi connectivity index (χ1n) is 4.21. The lowest BCUT2D eigenvalue weighted by Crippen LogP contribution is -1.98. The zero-order chi connectivity index (χ0) is 9.42. The number of fused-ring (bicyclic) bond motifs is 1. The molecule has 0 bridgehead atoms. The predicted molar refractivity (Wildman–Crippen MR) is 50.0 cm³/mol. The van der Waals surface area contributed by atoms with Gasteiger partial charge in [-0.15, -0.1) is 0 Å². The number of rotatable bonds is 1. The van der Waals surface area contributed by atoms with E-state index in [1.54, 1.807) is 12.1 Å². The molecule has 0 aliphatic carbocycles. The summed E-state index contributed by atoms with van der Waals surface area (Å²) in [5, 5.41) is 13.8. The van der Waals surface area contributed by atoms with Gasteiger partial charge in [-0.3, -0.25) is 10.1 Å². The molecule has 1 atom stereocenters. The van der Waals surface area contributed by atoms with Crippen molar-refractivity contribution >= 4 is 11.4 Å². The molecule has 1 unspecified atom stereocenters. The highest BCUT2D eigenvalue weighted by Crippen LogP contribution is 2.37. The Bertz CT molecular complexity index is 363. The van der Waals surface area contributed by atoms with E-state index >= 15 is 0 Å². The molecular formula is C9H10N2O2. The van der Waals surface area contributed by atoms with Crippen LogP contribution in [0.5, 0.6) is 0 Å². The molecule has 0 aromatic heterocycles. The SMILES string of the molecule is CC1CNc2cccc([N+](=O)[O-])c21. The molecular weight excluding hydrogens is 168 g/mol. The van der Waals surface area contributed by atoms with Crippen molar-refractivity contribution < 1.29 is 4.92 Å². The van der Waals surface area contributed by atoms with Crippen LogP contribution >= 0.6 is 0 Å². The maximum atomic E-state index is 10.7. The van der Waals surface area contributed by atoms with Crippen LogP contribution in [0.3, 0.4) is 0 Å². The third-order valence-electron chi connectivity index (χ3n) is 2.37. The van der Waals surface area contributed by atoms with Gasteiger partial charge < -0.3 is 5.32 Å². The van der Waals surface area contributed by atoms with Crippen LogP contribution in [-0.4, -0.2) is 11.5 Å². The first kappa shape index (κ1) is 8.04. The molecule has 1 aromatic rings. The number of hydrogen-bond acceptors (Lipinski definition) is 3. The van der Waals surface area contributed by atoms with Crippen molar-refractivity contribution in [3.8, 4) is 0 Å². The van der Waals surface area contributed by atoms with Crippen LogP contribution in [0.15, 0.2) is 18.2 Å². The number of nitrogens with one attached hydrogen (secondary N) is 1. The number of benzene rings is 1. The fourth-order valence-electron chi connectivity index (χ4n) is 1.75. The molecule has 4 heteroatoms. The fraction of sp³-hybridized carbons (Fsp3) is 0.333. The van der Waals surface area contributed by atoms with E-state index in [0.717, 1.165) is 17.8 Å². The van der Waals surface area contributed by atoms with Gasteiger partial charge >= 0.3 is 0 Å². The molecule has 0 fully saturated rings. The van der Waals surface area contributed by atoms with Crippen LogP contribution in [0, 0.1) is 10.1 Å². The maximum Gasteiger partial charge on any atom is 0.274 e. The minimum Gasteiger partial charge on any atom is -0.384 e. The highest BCUT2D eigenvalue weighted by molar-refractivity contribution is 5.65. The van der Waals surface area contributed by atoms with Gasteiger partial charge in [-0.1, -0.05) is 13.0 Å². The molecule has 0 spiro atoms. The number of nitrogens with zero attached hydrogens (tertiary/aromatic N) is 1. The van der Waals surface area contributed by atoms with Gasteiger partial charge in [0.2, 0.25) is 0 Å². The summed E-state index contributed by atoms with van der Waals surface area (Å²) in [7, 11) is 0. The van der Waals surface area contributed by atoms with Crippen molar-refractivity contribution in [2.24, 2.45) is 0 Å². The lowest BCUT2D eigenvalue weighted by atomic mass is 10.0. The molecule has 2 rings (SSSR count). The summed E-state index contributed by atoms with van der Waals surface area (Å²) in [5.41, 5.74) is 1.98. The van der Waals surface area contributed by atoms with E-state index in [1.807, 2.05) is 13.0 Å². The molecule has 1 aliphatic heterocycles. The third-order valence-corrected chi connectivity index (χ3v) is 2.37. The molecule has 0 saturated carbocycles. The molecule has 0 radical (unpaired) electrons. The van der Waals surface area contributed by atoms with E-state index in [1.165, 1.54) is 0 Å². The Morgan fingerprint density at radius 1 is 1.62 bits per heavy atom. The second-order valence-electron chi connectivity index (χ2n) is 3.28. The van der Waals surface area contributed by atoms with E-state index < -0.39 is 0 Å². The van der Waals surface area contributed by atoms with E-state index in [9.17, 15) is 10.1 Å². The van der Waals surface area contributed by atoms with Gasteiger partial charge in [0.05, 0.1) is 10.5 Å². The van der Waals surface area contributed by atoms with Gasteiger partial charge in [-0.25, -0.2) is 0 Å². The van der Waals surface area contributed by atoms with Crippen molar-refractivity contribution in [2.75, 3.05) is 11.9 Å². The first-order chi connectivity index (χ1) is 6.20. The summed E-state index contributed by atoms with van der Waals surface area (Å²) in [4.78, 5) is 10.4. The van der Waals surface area contributed by atoms with Gasteiger partial charge in [0.15, 0.2) is 0 Å². The van der Waals surface area contributed by atoms with Crippen LogP contribution < -0.4 is 5.32 Å². The molecule has 0 amide bonds. The van der Waals surface area contributed by atoms with Crippen molar-refractivity contribution in [2.45, 2.75) is 12.8 Å². The monoisotopic (exact) mass is 178 g/mol. The van der Waals surface area contributed by atoms with Gasteiger partial charge in [-0.2, -0.15) is 0 Å². The molecule has 4 nitrogen and oxygen atoms in total. The van der Waals surface area contributed by atoms with Crippen LogP contribution in [0.1, 0.15) is 18.4 Å². The normalized spacial score (nSPS) is 19.3. The summed E-state index contributed by atoms with van der Waals surface area (Å²) in [6.45, 7) is 2.78. The number of hydrogen-bond donors (Lipinski definition) is 1. The lowest BCUT2D eigenvalue weighted by Gasteiger charge is -2.02. The molecule has 1 heterocycles. The Morgan fingerprint density at radius 3 is 3.08 bits per heavy atom. The molecule has 1 aliphatic rings. The Balaban J connectivity index is 2.60. The summed E-state index contributed by atoms with van der Waals surface area (Å²) >= 11 is 0. The quantitative estimate of drug-likeness (QED) is 0.529. The third kappa shape index (κ3) is 1.14. The van der Waals surface area contributed by atoms with Gasteiger partial charge in [0, 0.05) is 24.2 Å². The van der Waals surface area contributed by atoms with Crippen LogP contribution in [0.2, 0.25) is 0 Å². The molecule has 1 N–H and O–H groups in total. The topological polar surface area (TPSA) is 55.2 Å². The largest absolute Gasteiger partial charge is 0.384 e. The van der Waals surface area contributed by atoms with Crippen molar-refractivity contribution in [3.63, 3.8) is 0 Å². The van der Waals surface area contributed by atoms with Crippen molar-refractivity contribution in [3.05, 3.63) is 33.9 Å². The van der Waals surface area contributed by atoms with E-state index in [-0.39, 0.29) is 16.5 Å². The molecule has 68 valence electrons. The summed E-state index contributed by atoms with van der Waals surface area (Å²) in [6, 6.07) is 5.15. The molecule has 1 aromatic carbocycles. The molecule has 0 saturated heterocycles. The zero-order valence-corrected chi connectivity index (χ0v) is 7.28. The van der Waals surface area contributed by atoms with Crippen LogP contribution in [0.4, 0.5) is 11.4 Å². The summed E-state index contributed by atoms with van der Waals surface area (Å²) in [5.74, 6) is 0.233. The predicted octanol–water partition coefficient (Wildman–Crippen LogP) is 2.12. The average molecular weight is 178 g/mol. The lowest BCUT2D eigenvalue weighted by molar-refractivity contribution is -0.385. The Kier molecular flexibility index (Phi) is 1.69. The zero-order valence-electron chi connectivity index (χ0n) is 7.28. The van der Waals surface area contributed by atoms with Gasteiger partial charge in [-0.05, 0) is 6.07 Å². The highest BCUT2D eigenvalue weighted by Gasteiger charge is 2.26. The number of anilines is 1. The Hall–Kier alpha value is -1.58. The minimum atomic E-state index is -0.317. The number of nitro groups is 1. The highest BCUT2D eigenvalue weighted by atomic mass is 16.6. The van der Waals surface area contributed by atoms with E-state index in [2.05, 4.69) is 5.32 Å². The average Bonchev–Trinajstić information content (AvgIpc) is 2.48. The van der Waals surface area contributed by atoms with E-state index in [0.29, 0.717) is 0 Å². The second-order valence-corrected chi connectivity index (χ2v) is 3.28. The fourth-order valence-corrected chi connectivity index (χ4v) is 1.75. The van der Waals surface area contributed by atoms with Crippen molar-refractivity contribution in [1.82, 2.24) is 0 Å². The van der Waals surface area contributed by atoms with Gasteiger partial charge in [0.1, 0.15) is 0 Å². The smallest absolute Gasteiger partial charge is 0.274 e. The standard InChI is InChI=1S/C9H10N2O2/c1-6-5-10-7-3-2-4-8(9(6)7)11(12)13/h2-4,6,10H,5H2,1H3. The maximum absolute atomic E-state index is 10.7. The summed E-state index contributed by atoms with van der Waals surface area (Å²) in [6.07, 6.45) is 0. The number of nitro benzene ring substituents is 1. The van der Waals surface area contributed by atoms with E-state index in [4.69, 9.17) is 0 Å². The van der Waals surface area contributed by atoms with Crippen LogP contribution in [-0.2, 0) is 0 Å². The van der Waals surface area contributed by atoms with Gasteiger partial charge in [0.25, 0.3) is 5.69 Å². The molecule has 13 heavy (non-hydrogen) atoms. The summed E-state index contributed by atoms with van der Waals surface area (Å²) < 4.78 is 0.